The van der Waals surface area contributed by atoms with Crippen LogP contribution in [0.5, 0.6) is 0 Å². The Kier molecular flexibility index (Phi) is 2.86. The maximum Gasteiger partial charge on any atom is 0.0497 e. The Bertz CT molecular complexity index is 282. The van der Waals surface area contributed by atoms with Gasteiger partial charge in [-0.25, -0.2) is 0 Å². The molecule has 70 valence electrons. The Morgan fingerprint density at radius 3 is 2.54 bits per heavy atom. The van der Waals surface area contributed by atoms with Crippen LogP contribution in [0.2, 0.25) is 0 Å². The summed E-state index contributed by atoms with van der Waals surface area (Å²) in [7, 11) is 0. The number of hydrogen-bond acceptors (Lipinski definition) is 1. The van der Waals surface area contributed by atoms with E-state index >= 15 is 0 Å². The maximum absolute atomic E-state index is 4.42. The van der Waals surface area contributed by atoms with Crippen molar-refractivity contribution < 1.29 is 0 Å². The predicted octanol–water partition coefficient (Wildman–Crippen LogP) is 3.11. The van der Waals surface area contributed by atoms with Crippen LogP contribution < -0.4 is 0 Å². The van der Waals surface area contributed by atoms with Crippen molar-refractivity contribution in [3.05, 3.63) is 42.2 Å². The van der Waals surface area contributed by atoms with E-state index in [1.165, 1.54) is 5.56 Å². The van der Waals surface area contributed by atoms with Crippen molar-refractivity contribution in [3.8, 4) is 0 Å². The Labute approximate surface area is 80.5 Å². The maximum atomic E-state index is 4.42. The number of hydrogen-bond donors (Lipinski definition) is 0. The fraction of sp³-hybridized carbons (Fsp3) is 0.417. The Hall–Kier alpha value is -1.11. The van der Waals surface area contributed by atoms with Gasteiger partial charge in [-0.3, -0.25) is 4.98 Å². The average molecular weight is 175 g/mol. The van der Waals surface area contributed by atoms with Crippen LogP contribution in [0.3, 0.4) is 0 Å². The van der Waals surface area contributed by atoms with Crippen molar-refractivity contribution in [1.29, 1.82) is 0 Å². The highest BCUT2D eigenvalue weighted by Crippen LogP contribution is 2.21. The highest BCUT2D eigenvalue weighted by Gasteiger charge is 2.16. The topological polar surface area (TPSA) is 12.9 Å². The van der Waals surface area contributed by atoms with Crippen LogP contribution in [0.1, 0.15) is 32.0 Å². The first-order valence-electron chi connectivity index (χ1n) is 4.69. The van der Waals surface area contributed by atoms with Gasteiger partial charge in [-0.15, -0.1) is 6.58 Å². The summed E-state index contributed by atoms with van der Waals surface area (Å²) in [6, 6.07) is 4.22. The summed E-state index contributed by atoms with van der Waals surface area (Å²) in [5.74, 6) is 0. The second-order valence-corrected chi connectivity index (χ2v) is 3.83. The minimum absolute atomic E-state index is 0.0216. The lowest BCUT2D eigenvalue weighted by Gasteiger charge is -2.18. The van der Waals surface area contributed by atoms with Crippen LogP contribution in [-0.2, 0) is 11.8 Å². The second kappa shape index (κ2) is 3.73. The second-order valence-electron chi connectivity index (χ2n) is 3.83. The molecule has 0 spiro atoms. The first-order chi connectivity index (χ1) is 6.10. The molecule has 1 heterocycles. The molecule has 0 aliphatic heterocycles. The lowest BCUT2D eigenvalue weighted by Crippen LogP contribution is -2.14. The summed E-state index contributed by atoms with van der Waals surface area (Å²) in [4.78, 5) is 4.42. The van der Waals surface area contributed by atoms with E-state index in [0.29, 0.717) is 0 Å². The van der Waals surface area contributed by atoms with E-state index in [9.17, 15) is 0 Å². The normalized spacial score (nSPS) is 11.3. The average Bonchev–Trinajstić information content (AvgIpc) is 2.18. The van der Waals surface area contributed by atoms with Crippen LogP contribution in [0.25, 0.3) is 0 Å². The molecule has 13 heavy (non-hydrogen) atoms. The van der Waals surface area contributed by atoms with Gasteiger partial charge in [0.2, 0.25) is 0 Å². The molecule has 0 unspecified atom stereocenters. The van der Waals surface area contributed by atoms with Gasteiger partial charge in [-0.2, -0.15) is 0 Å². The number of rotatable bonds is 3. The fourth-order valence-electron chi connectivity index (χ4n) is 1.12. The van der Waals surface area contributed by atoms with Gasteiger partial charge in [-0.1, -0.05) is 32.9 Å². The molecular weight excluding hydrogens is 158 g/mol. The molecule has 1 nitrogen and oxygen atoms in total. The quantitative estimate of drug-likeness (QED) is 0.643. The molecule has 0 aliphatic carbocycles. The van der Waals surface area contributed by atoms with Crippen molar-refractivity contribution in [2.75, 3.05) is 0 Å². The number of pyridine rings is 1. The van der Waals surface area contributed by atoms with Crippen LogP contribution in [-0.4, -0.2) is 4.98 Å². The van der Waals surface area contributed by atoms with Gasteiger partial charge < -0.3 is 0 Å². The van der Waals surface area contributed by atoms with Crippen LogP contribution in [0.4, 0.5) is 0 Å². The van der Waals surface area contributed by atoms with Gasteiger partial charge in [-0.05, 0) is 18.1 Å². The van der Waals surface area contributed by atoms with Crippen molar-refractivity contribution in [3.63, 3.8) is 0 Å². The monoisotopic (exact) mass is 175 g/mol. The first-order valence-corrected chi connectivity index (χ1v) is 4.69. The summed E-state index contributed by atoms with van der Waals surface area (Å²) in [5, 5.41) is 0. The zero-order valence-electron chi connectivity index (χ0n) is 8.67. The zero-order valence-corrected chi connectivity index (χ0v) is 8.67. The SMILES string of the molecule is C=CC(C)(C)c1ccc(CC)cn1. The highest BCUT2D eigenvalue weighted by atomic mass is 14.7. The van der Waals surface area contributed by atoms with E-state index in [1.807, 2.05) is 12.3 Å². The molecule has 0 fully saturated rings. The van der Waals surface area contributed by atoms with Crippen molar-refractivity contribution >= 4 is 0 Å². The molecule has 0 saturated heterocycles. The summed E-state index contributed by atoms with van der Waals surface area (Å²) in [5.41, 5.74) is 2.34. The van der Waals surface area contributed by atoms with E-state index in [4.69, 9.17) is 0 Å². The van der Waals surface area contributed by atoms with Gasteiger partial charge in [0.15, 0.2) is 0 Å². The highest BCUT2D eigenvalue weighted by molar-refractivity contribution is 5.23. The minimum Gasteiger partial charge on any atom is -0.260 e. The lowest BCUT2D eigenvalue weighted by atomic mass is 9.89. The summed E-state index contributed by atoms with van der Waals surface area (Å²) in [6.07, 6.45) is 4.92. The molecule has 1 rings (SSSR count). The number of aromatic nitrogens is 1. The molecule has 0 aromatic carbocycles. The molecule has 0 N–H and O–H groups in total. The predicted molar refractivity (Wildman–Crippen MR) is 56.8 cm³/mol. The molecule has 0 bridgehead atoms. The number of allylic oxidation sites excluding steroid dienone is 1. The van der Waals surface area contributed by atoms with Gasteiger partial charge in [0, 0.05) is 17.3 Å². The van der Waals surface area contributed by atoms with E-state index < -0.39 is 0 Å². The number of aryl methyl sites for hydroxylation is 1. The summed E-state index contributed by atoms with van der Waals surface area (Å²) >= 11 is 0. The third-order valence-electron chi connectivity index (χ3n) is 2.40. The lowest BCUT2D eigenvalue weighted by molar-refractivity contribution is 0.644. The van der Waals surface area contributed by atoms with Gasteiger partial charge in [0.1, 0.15) is 0 Å². The number of nitrogens with zero attached hydrogens (tertiary/aromatic N) is 1. The molecule has 0 saturated carbocycles. The molecule has 0 radical (unpaired) electrons. The van der Waals surface area contributed by atoms with Gasteiger partial charge in [0.25, 0.3) is 0 Å². The van der Waals surface area contributed by atoms with E-state index in [2.05, 4.69) is 44.5 Å². The smallest absolute Gasteiger partial charge is 0.0497 e. The van der Waals surface area contributed by atoms with E-state index in [-0.39, 0.29) is 5.41 Å². The fourth-order valence-corrected chi connectivity index (χ4v) is 1.12. The Morgan fingerprint density at radius 2 is 2.15 bits per heavy atom. The standard InChI is InChI=1S/C12H17N/c1-5-10-7-8-11(13-9-10)12(3,4)6-2/h6-9H,2,5H2,1,3-4H3. The molecule has 1 aromatic rings. The molecule has 0 aliphatic rings. The van der Waals surface area contributed by atoms with Crippen molar-refractivity contribution in [2.45, 2.75) is 32.6 Å². The zero-order chi connectivity index (χ0) is 9.90. The third-order valence-corrected chi connectivity index (χ3v) is 2.40. The van der Waals surface area contributed by atoms with Crippen molar-refractivity contribution in [2.24, 2.45) is 0 Å². The van der Waals surface area contributed by atoms with Gasteiger partial charge >= 0.3 is 0 Å². The minimum atomic E-state index is -0.0216. The Morgan fingerprint density at radius 1 is 1.46 bits per heavy atom. The first kappa shape index (κ1) is 9.97. The van der Waals surface area contributed by atoms with E-state index in [1.54, 1.807) is 0 Å². The van der Waals surface area contributed by atoms with Crippen LogP contribution in [0.15, 0.2) is 31.0 Å². The molecule has 0 atom stereocenters. The van der Waals surface area contributed by atoms with Gasteiger partial charge in [0.05, 0.1) is 0 Å². The van der Waals surface area contributed by atoms with Crippen molar-refractivity contribution in [1.82, 2.24) is 4.98 Å². The molecule has 1 heteroatoms. The molecule has 1 aromatic heterocycles. The van der Waals surface area contributed by atoms with E-state index in [0.717, 1.165) is 12.1 Å². The Balaban J connectivity index is 2.98. The summed E-state index contributed by atoms with van der Waals surface area (Å²) < 4.78 is 0. The molecule has 0 amide bonds. The molecular formula is C12H17N. The third kappa shape index (κ3) is 2.18. The van der Waals surface area contributed by atoms with Crippen LogP contribution >= 0.6 is 0 Å². The largest absolute Gasteiger partial charge is 0.260 e. The summed E-state index contributed by atoms with van der Waals surface area (Å²) in [6.45, 7) is 10.2. The van der Waals surface area contributed by atoms with Crippen LogP contribution in [0, 0.1) is 0 Å².